The molecule has 0 aromatic heterocycles. The zero-order valence-electron chi connectivity index (χ0n) is 13.8. The van der Waals surface area contributed by atoms with Gasteiger partial charge in [-0.2, -0.15) is 21.6 Å². The molecule has 0 saturated carbocycles. The van der Waals surface area contributed by atoms with Crippen LogP contribution in [-0.4, -0.2) is 13.9 Å². The SMILES string of the molecule is CCCCC(C)c1ccc2cc(OS(=O)(=O)C(F)(F)F)c(S)cc2c1. The van der Waals surface area contributed by atoms with E-state index in [2.05, 4.69) is 30.7 Å². The minimum atomic E-state index is -5.72. The first-order valence-corrected chi connectivity index (χ1v) is 9.68. The Balaban J connectivity index is 2.37. The van der Waals surface area contributed by atoms with Crippen LogP contribution in [0.2, 0.25) is 0 Å². The molecule has 0 aliphatic rings. The molecular formula is C17H19F3O3S2. The van der Waals surface area contributed by atoms with E-state index < -0.39 is 21.4 Å². The smallest absolute Gasteiger partial charge is 0.375 e. The predicted molar refractivity (Wildman–Crippen MR) is 94.7 cm³/mol. The van der Waals surface area contributed by atoms with Crippen LogP contribution in [0, 0.1) is 0 Å². The summed E-state index contributed by atoms with van der Waals surface area (Å²) in [4.78, 5) is 0.0266. The molecule has 8 heteroatoms. The molecule has 0 heterocycles. The van der Waals surface area contributed by atoms with Crippen LogP contribution >= 0.6 is 12.6 Å². The molecule has 0 spiro atoms. The number of fused-ring (bicyclic) bond motifs is 1. The molecule has 2 rings (SSSR count). The summed E-state index contributed by atoms with van der Waals surface area (Å²) in [6.07, 6.45) is 3.26. The van der Waals surface area contributed by atoms with Crippen molar-refractivity contribution >= 4 is 33.5 Å². The van der Waals surface area contributed by atoms with E-state index in [4.69, 9.17) is 0 Å². The van der Waals surface area contributed by atoms with Crippen molar-refractivity contribution < 1.29 is 25.8 Å². The molecule has 0 bridgehead atoms. The van der Waals surface area contributed by atoms with Crippen molar-refractivity contribution in [2.45, 2.75) is 49.4 Å². The molecule has 0 aliphatic heterocycles. The first-order valence-electron chi connectivity index (χ1n) is 7.82. The number of halogens is 3. The Morgan fingerprint density at radius 3 is 2.44 bits per heavy atom. The van der Waals surface area contributed by atoms with Gasteiger partial charge in [0.25, 0.3) is 0 Å². The first kappa shape index (κ1) is 19.9. The minimum Gasteiger partial charge on any atom is -0.375 e. The fourth-order valence-corrected chi connectivity index (χ4v) is 3.28. The van der Waals surface area contributed by atoms with E-state index >= 15 is 0 Å². The fourth-order valence-electron chi connectivity index (χ4n) is 2.50. The van der Waals surface area contributed by atoms with Crippen molar-refractivity contribution in [3.8, 4) is 5.75 Å². The van der Waals surface area contributed by atoms with Gasteiger partial charge in [0, 0.05) is 4.90 Å². The number of rotatable bonds is 6. The average molecular weight is 392 g/mol. The summed E-state index contributed by atoms with van der Waals surface area (Å²) in [6, 6.07) is 8.34. The monoisotopic (exact) mass is 392 g/mol. The van der Waals surface area contributed by atoms with Gasteiger partial charge in [0.05, 0.1) is 0 Å². The van der Waals surface area contributed by atoms with Gasteiger partial charge in [-0.25, -0.2) is 0 Å². The largest absolute Gasteiger partial charge is 0.534 e. The molecule has 138 valence electrons. The zero-order chi connectivity index (χ0) is 18.8. The summed E-state index contributed by atoms with van der Waals surface area (Å²) in [5, 5.41) is 1.35. The molecule has 0 fully saturated rings. The lowest BCUT2D eigenvalue weighted by atomic mass is 9.93. The highest BCUT2D eigenvalue weighted by molar-refractivity contribution is 7.88. The summed E-state index contributed by atoms with van der Waals surface area (Å²) < 4.78 is 64.0. The standard InChI is InChI=1S/C17H19F3O3S2/c1-3-4-5-11(2)12-6-7-13-9-15(16(24)10-14(13)8-12)23-25(21,22)17(18,19)20/h6-11,24H,3-5H2,1-2H3. The summed E-state index contributed by atoms with van der Waals surface area (Å²) in [5.41, 5.74) is -4.37. The molecule has 2 aromatic carbocycles. The van der Waals surface area contributed by atoms with Crippen LogP contribution in [0.3, 0.4) is 0 Å². The molecule has 0 N–H and O–H groups in total. The van der Waals surface area contributed by atoms with Gasteiger partial charge in [-0.15, -0.1) is 12.6 Å². The Morgan fingerprint density at radius 2 is 1.84 bits per heavy atom. The Morgan fingerprint density at radius 1 is 1.16 bits per heavy atom. The fraction of sp³-hybridized carbons (Fsp3) is 0.412. The van der Waals surface area contributed by atoms with Crippen LogP contribution in [0.5, 0.6) is 5.75 Å². The van der Waals surface area contributed by atoms with Crippen LogP contribution in [0.15, 0.2) is 35.2 Å². The molecular weight excluding hydrogens is 373 g/mol. The predicted octanol–water partition coefficient (Wildman–Crippen LogP) is 5.65. The molecule has 25 heavy (non-hydrogen) atoms. The summed E-state index contributed by atoms with van der Waals surface area (Å²) in [7, 11) is -5.72. The molecule has 0 aliphatic carbocycles. The molecule has 0 radical (unpaired) electrons. The Kier molecular flexibility index (Phi) is 5.93. The van der Waals surface area contributed by atoms with E-state index in [1.165, 1.54) is 12.1 Å². The highest BCUT2D eigenvalue weighted by Gasteiger charge is 2.48. The van der Waals surface area contributed by atoms with Crippen LogP contribution in [-0.2, 0) is 10.1 Å². The third-order valence-electron chi connectivity index (χ3n) is 3.98. The van der Waals surface area contributed by atoms with Crippen molar-refractivity contribution in [1.29, 1.82) is 0 Å². The van der Waals surface area contributed by atoms with E-state index in [1.807, 2.05) is 12.1 Å². The number of hydrogen-bond donors (Lipinski definition) is 1. The number of unbranched alkanes of at least 4 members (excludes halogenated alkanes) is 1. The van der Waals surface area contributed by atoms with E-state index in [0.29, 0.717) is 11.3 Å². The Bertz CT molecular complexity index is 861. The number of alkyl halides is 3. The topological polar surface area (TPSA) is 43.4 Å². The quantitative estimate of drug-likeness (QED) is 0.392. The summed E-state index contributed by atoms with van der Waals surface area (Å²) >= 11 is 4.07. The van der Waals surface area contributed by atoms with E-state index in [1.54, 1.807) is 6.07 Å². The van der Waals surface area contributed by atoms with E-state index in [0.717, 1.165) is 30.2 Å². The second-order valence-corrected chi connectivity index (χ2v) is 7.97. The lowest BCUT2D eigenvalue weighted by Crippen LogP contribution is -2.28. The third kappa shape index (κ3) is 4.61. The van der Waals surface area contributed by atoms with Gasteiger partial charge < -0.3 is 4.18 Å². The van der Waals surface area contributed by atoms with Gasteiger partial charge in [0.1, 0.15) is 0 Å². The molecule has 2 aromatic rings. The number of hydrogen-bond acceptors (Lipinski definition) is 4. The average Bonchev–Trinajstić information content (AvgIpc) is 2.51. The normalized spacial score (nSPS) is 13.8. The van der Waals surface area contributed by atoms with Crippen molar-refractivity contribution in [3.05, 3.63) is 35.9 Å². The van der Waals surface area contributed by atoms with Crippen molar-refractivity contribution in [3.63, 3.8) is 0 Å². The molecule has 0 saturated heterocycles. The molecule has 1 unspecified atom stereocenters. The number of benzene rings is 2. The highest BCUT2D eigenvalue weighted by atomic mass is 32.2. The Hall–Kier alpha value is -1.41. The van der Waals surface area contributed by atoms with Gasteiger partial charge in [-0.05, 0) is 40.8 Å². The maximum atomic E-state index is 12.5. The van der Waals surface area contributed by atoms with Gasteiger partial charge >= 0.3 is 15.6 Å². The highest BCUT2D eigenvalue weighted by Crippen LogP contribution is 2.35. The minimum absolute atomic E-state index is 0.0266. The zero-order valence-corrected chi connectivity index (χ0v) is 15.5. The Labute approximate surface area is 150 Å². The third-order valence-corrected chi connectivity index (χ3v) is 5.30. The van der Waals surface area contributed by atoms with Crippen molar-refractivity contribution in [2.75, 3.05) is 0 Å². The lowest BCUT2D eigenvalue weighted by Gasteiger charge is -2.14. The molecule has 1 atom stereocenters. The second-order valence-electron chi connectivity index (χ2n) is 5.95. The van der Waals surface area contributed by atoms with Crippen LogP contribution < -0.4 is 4.18 Å². The summed E-state index contributed by atoms with van der Waals surface area (Å²) in [5.74, 6) is -0.0887. The molecule has 3 nitrogen and oxygen atoms in total. The second kappa shape index (κ2) is 7.45. The van der Waals surface area contributed by atoms with E-state index in [9.17, 15) is 21.6 Å². The van der Waals surface area contributed by atoms with Gasteiger partial charge in [-0.3, -0.25) is 0 Å². The number of thiol groups is 1. The first-order chi connectivity index (χ1) is 11.5. The lowest BCUT2D eigenvalue weighted by molar-refractivity contribution is -0.0500. The van der Waals surface area contributed by atoms with Crippen LogP contribution in [0.25, 0.3) is 10.8 Å². The maximum Gasteiger partial charge on any atom is 0.534 e. The van der Waals surface area contributed by atoms with Crippen LogP contribution in [0.1, 0.15) is 44.6 Å². The van der Waals surface area contributed by atoms with Gasteiger partial charge in [0.15, 0.2) is 5.75 Å². The maximum absolute atomic E-state index is 12.5. The summed E-state index contributed by atoms with van der Waals surface area (Å²) in [6.45, 7) is 4.24. The van der Waals surface area contributed by atoms with Crippen molar-refractivity contribution in [1.82, 2.24) is 0 Å². The van der Waals surface area contributed by atoms with Crippen LogP contribution in [0.4, 0.5) is 13.2 Å². The van der Waals surface area contributed by atoms with Gasteiger partial charge in [-0.1, -0.05) is 44.9 Å². The van der Waals surface area contributed by atoms with Crippen molar-refractivity contribution in [2.24, 2.45) is 0 Å². The molecule has 0 amide bonds. The van der Waals surface area contributed by atoms with E-state index in [-0.39, 0.29) is 4.90 Å². The van der Waals surface area contributed by atoms with Gasteiger partial charge in [0.2, 0.25) is 0 Å².